The van der Waals surface area contributed by atoms with Crippen molar-refractivity contribution in [2.45, 2.75) is 38.1 Å². The number of nitrogens with one attached hydrogen (secondary N) is 1. The molecule has 0 saturated carbocycles. The molecule has 1 heterocycles. The number of aryl methyl sites for hydroxylation is 2. The van der Waals surface area contributed by atoms with Gasteiger partial charge in [0.2, 0.25) is 5.91 Å². The van der Waals surface area contributed by atoms with E-state index in [0.717, 1.165) is 37.8 Å². The Morgan fingerprint density at radius 2 is 2.05 bits per heavy atom. The zero-order valence-corrected chi connectivity index (χ0v) is 13.5. The van der Waals surface area contributed by atoms with Crippen molar-refractivity contribution in [2.24, 2.45) is 0 Å². The van der Waals surface area contributed by atoms with Crippen molar-refractivity contribution in [1.29, 1.82) is 0 Å². The summed E-state index contributed by atoms with van der Waals surface area (Å²) in [6.45, 7) is 3.54. The molecule has 0 spiro atoms. The molecule has 0 unspecified atom stereocenters. The highest BCUT2D eigenvalue weighted by Crippen LogP contribution is 2.23. The summed E-state index contributed by atoms with van der Waals surface area (Å²) in [5.74, 6) is 0.134. The van der Waals surface area contributed by atoms with Gasteiger partial charge in [0.05, 0.1) is 5.54 Å². The van der Waals surface area contributed by atoms with Gasteiger partial charge in [0.15, 0.2) is 0 Å². The SMILES string of the molecule is Cc1ccccc1CCC(=O)NC1(CBr)CCOCC1. The molecule has 0 atom stereocenters. The molecule has 1 aromatic carbocycles. The van der Waals surface area contributed by atoms with Crippen molar-refractivity contribution in [3.63, 3.8) is 0 Å². The van der Waals surface area contributed by atoms with Crippen molar-refractivity contribution >= 4 is 21.8 Å². The van der Waals surface area contributed by atoms with Gasteiger partial charge in [-0.15, -0.1) is 0 Å². The fraction of sp³-hybridized carbons (Fsp3) is 0.562. The van der Waals surface area contributed by atoms with Crippen molar-refractivity contribution < 1.29 is 9.53 Å². The Morgan fingerprint density at radius 3 is 2.70 bits per heavy atom. The van der Waals surface area contributed by atoms with E-state index in [4.69, 9.17) is 4.74 Å². The fourth-order valence-electron chi connectivity index (χ4n) is 2.55. The number of halogens is 1. The predicted octanol–water partition coefficient (Wildman–Crippen LogP) is 2.99. The summed E-state index contributed by atoms with van der Waals surface area (Å²) < 4.78 is 5.38. The third kappa shape index (κ3) is 4.06. The largest absolute Gasteiger partial charge is 0.381 e. The molecule has 1 fully saturated rings. The number of amides is 1. The maximum absolute atomic E-state index is 12.2. The average Bonchev–Trinajstić information content (AvgIpc) is 2.47. The number of carbonyl (C=O) groups is 1. The third-order valence-corrected chi connectivity index (χ3v) is 5.07. The molecule has 4 heteroatoms. The van der Waals surface area contributed by atoms with E-state index in [0.29, 0.717) is 6.42 Å². The molecule has 1 amide bonds. The zero-order valence-electron chi connectivity index (χ0n) is 12.0. The minimum Gasteiger partial charge on any atom is -0.381 e. The summed E-state index contributed by atoms with van der Waals surface area (Å²) in [5.41, 5.74) is 2.38. The lowest BCUT2D eigenvalue weighted by molar-refractivity contribution is -0.123. The van der Waals surface area contributed by atoms with Gasteiger partial charge in [0.1, 0.15) is 0 Å². The van der Waals surface area contributed by atoms with Gasteiger partial charge in [-0.05, 0) is 37.3 Å². The van der Waals surface area contributed by atoms with Crippen LogP contribution in [0.5, 0.6) is 0 Å². The number of alkyl halides is 1. The lowest BCUT2D eigenvalue weighted by atomic mass is 9.92. The molecule has 110 valence electrons. The highest BCUT2D eigenvalue weighted by Gasteiger charge is 2.32. The second-order valence-electron chi connectivity index (χ2n) is 5.50. The van der Waals surface area contributed by atoms with E-state index in [1.54, 1.807) is 0 Å². The molecule has 0 bridgehead atoms. The summed E-state index contributed by atoms with van der Waals surface area (Å²) in [6, 6.07) is 8.24. The molecule has 0 aliphatic carbocycles. The van der Waals surface area contributed by atoms with E-state index in [-0.39, 0.29) is 11.4 Å². The minimum atomic E-state index is -0.124. The first-order valence-corrected chi connectivity index (χ1v) is 8.27. The van der Waals surface area contributed by atoms with Gasteiger partial charge in [0.25, 0.3) is 0 Å². The van der Waals surface area contributed by atoms with Gasteiger partial charge >= 0.3 is 0 Å². The van der Waals surface area contributed by atoms with Crippen LogP contribution < -0.4 is 5.32 Å². The summed E-state index contributed by atoms with van der Waals surface area (Å²) >= 11 is 3.53. The van der Waals surface area contributed by atoms with Crippen molar-refractivity contribution in [3.8, 4) is 0 Å². The van der Waals surface area contributed by atoms with E-state index >= 15 is 0 Å². The second-order valence-corrected chi connectivity index (χ2v) is 6.06. The molecule has 0 aromatic heterocycles. The van der Waals surface area contributed by atoms with Gasteiger partial charge in [-0.1, -0.05) is 40.2 Å². The first-order chi connectivity index (χ1) is 9.65. The highest BCUT2D eigenvalue weighted by molar-refractivity contribution is 9.09. The normalized spacial score (nSPS) is 17.7. The number of benzene rings is 1. The van der Waals surface area contributed by atoms with Crippen LogP contribution in [0.15, 0.2) is 24.3 Å². The maximum atomic E-state index is 12.2. The maximum Gasteiger partial charge on any atom is 0.220 e. The molecule has 1 aliphatic heterocycles. The number of carbonyl (C=O) groups excluding carboxylic acids is 1. The lowest BCUT2D eigenvalue weighted by Crippen LogP contribution is -2.53. The van der Waals surface area contributed by atoms with Crippen molar-refractivity contribution in [2.75, 3.05) is 18.5 Å². The first-order valence-electron chi connectivity index (χ1n) is 7.14. The Hall–Kier alpha value is -0.870. The summed E-state index contributed by atoms with van der Waals surface area (Å²) in [4.78, 5) is 12.2. The summed E-state index contributed by atoms with van der Waals surface area (Å²) in [5, 5.41) is 4.00. The number of hydrogen-bond acceptors (Lipinski definition) is 2. The predicted molar refractivity (Wildman–Crippen MR) is 84.2 cm³/mol. The Labute approximate surface area is 129 Å². The molecule has 0 radical (unpaired) electrons. The van der Waals surface area contributed by atoms with Crippen molar-refractivity contribution in [3.05, 3.63) is 35.4 Å². The molecular weight excluding hydrogens is 318 g/mol. The first kappa shape index (κ1) is 15.5. The van der Waals surface area contributed by atoms with Crippen molar-refractivity contribution in [1.82, 2.24) is 5.32 Å². The van der Waals surface area contributed by atoms with Crippen LogP contribution in [0.1, 0.15) is 30.4 Å². The Bertz CT molecular complexity index is 456. The third-order valence-electron chi connectivity index (χ3n) is 3.99. The van der Waals surface area contributed by atoms with Gasteiger partial charge in [0, 0.05) is 25.0 Å². The Kier molecular flexibility index (Phi) is 5.61. The quantitative estimate of drug-likeness (QED) is 0.837. The summed E-state index contributed by atoms with van der Waals surface area (Å²) in [6.07, 6.45) is 3.11. The molecular formula is C16H22BrNO2. The second kappa shape index (κ2) is 7.23. The lowest BCUT2D eigenvalue weighted by Gasteiger charge is -2.36. The monoisotopic (exact) mass is 339 g/mol. The van der Waals surface area contributed by atoms with Crippen LogP contribution in [0.25, 0.3) is 0 Å². The van der Waals surface area contributed by atoms with E-state index in [1.807, 2.05) is 12.1 Å². The molecule has 3 nitrogen and oxygen atoms in total. The number of hydrogen-bond donors (Lipinski definition) is 1. The topological polar surface area (TPSA) is 38.3 Å². The standard InChI is InChI=1S/C16H22BrNO2/c1-13-4-2-3-5-14(13)6-7-15(19)18-16(12-17)8-10-20-11-9-16/h2-5H,6-12H2,1H3,(H,18,19). The van der Waals surface area contributed by atoms with Gasteiger partial charge in [-0.3, -0.25) is 4.79 Å². The fourth-order valence-corrected chi connectivity index (χ4v) is 3.25. The molecule has 1 N–H and O–H groups in total. The van der Waals surface area contributed by atoms with Crippen LogP contribution in [0.4, 0.5) is 0 Å². The number of ether oxygens (including phenoxy) is 1. The van der Waals surface area contributed by atoms with E-state index < -0.39 is 0 Å². The van der Waals surface area contributed by atoms with Gasteiger partial charge in [-0.2, -0.15) is 0 Å². The van der Waals surface area contributed by atoms with E-state index in [1.165, 1.54) is 11.1 Å². The summed E-state index contributed by atoms with van der Waals surface area (Å²) in [7, 11) is 0. The molecule has 1 aromatic rings. The molecule has 1 saturated heterocycles. The van der Waals surface area contributed by atoms with Gasteiger partial charge < -0.3 is 10.1 Å². The van der Waals surface area contributed by atoms with E-state index in [2.05, 4.69) is 40.3 Å². The highest BCUT2D eigenvalue weighted by atomic mass is 79.9. The smallest absolute Gasteiger partial charge is 0.220 e. The Balaban J connectivity index is 1.87. The molecule has 20 heavy (non-hydrogen) atoms. The molecule has 1 aliphatic rings. The van der Waals surface area contributed by atoms with Crippen LogP contribution in [0, 0.1) is 6.92 Å². The minimum absolute atomic E-state index is 0.124. The van der Waals surface area contributed by atoms with Crippen LogP contribution in [-0.4, -0.2) is 30.0 Å². The zero-order chi connectivity index (χ0) is 14.4. The van der Waals surface area contributed by atoms with Crippen LogP contribution in [-0.2, 0) is 16.0 Å². The van der Waals surface area contributed by atoms with Crippen LogP contribution in [0.2, 0.25) is 0 Å². The van der Waals surface area contributed by atoms with Crippen LogP contribution in [0.3, 0.4) is 0 Å². The van der Waals surface area contributed by atoms with Gasteiger partial charge in [-0.25, -0.2) is 0 Å². The molecule has 2 rings (SSSR count). The Morgan fingerprint density at radius 1 is 1.35 bits per heavy atom. The van der Waals surface area contributed by atoms with Crippen LogP contribution >= 0.6 is 15.9 Å². The average molecular weight is 340 g/mol. The number of rotatable bonds is 5. The van der Waals surface area contributed by atoms with E-state index in [9.17, 15) is 4.79 Å².